The molecule has 0 fully saturated rings. The van der Waals surface area contributed by atoms with Gasteiger partial charge in [0.2, 0.25) is 0 Å². The third-order valence-electron chi connectivity index (χ3n) is 4.27. The van der Waals surface area contributed by atoms with E-state index in [-0.39, 0.29) is 6.42 Å². The molecule has 0 amide bonds. The number of H-pyrrole nitrogens is 1. The Morgan fingerprint density at radius 1 is 0.962 bits per heavy atom. The lowest BCUT2D eigenvalue weighted by atomic mass is 9.95. The smallest absolute Gasteiger partial charge is 0.388 e. The fourth-order valence-electron chi connectivity index (χ4n) is 2.74. The number of aliphatic hydroxyl groups excluding tert-OH is 1. The number of rotatable bonds is 5. The van der Waals surface area contributed by atoms with Crippen molar-refractivity contribution >= 4 is 0 Å². The quantitative estimate of drug-likeness (QED) is 0.637. The molecule has 4 nitrogen and oxygen atoms in total. The third-order valence-corrected chi connectivity index (χ3v) is 4.27. The summed E-state index contributed by atoms with van der Waals surface area (Å²) in [6, 6.07) is 11.6. The van der Waals surface area contributed by atoms with Crippen molar-refractivity contribution in [2.24, 2.45) is 5.73 Å². The zero-order valence-electron chi connectivity index (χ0n) is 13.7. The highest BCUT2D eigenvalue weighted by Crippen LogP contribution is 2.31. The second-order valence-electron chi connectivity index (χ2n) is 6.09. The van der Waals surface area contributed by atoms with Crippen LogP contribution >= 0.6 is 0 Å². The molecule has 7 heteroatoms. The van der Waals surface area contributed by atoms with E-state index in [4.69, 9.17) is 5.73 Å². The third kappa shape index (κ3) is 4.12. The van der Waals surface area contributed by atoms with Gasteiger partial charge in [-0.15, -0.1) is 0 Å². The Bertz CT molecular complexity index is 828. The molecule has 136 valence electrons. The number of benzene rings is 2. The van der Waals surface area contributed by atoms with Gasteiger partial charge in [0.1, 0.15) is 0 Å². The van der Waals surface area contributed by atoms with E-state index in [2.05, 4.69) is 10.2 Å². The predicted molar refractivity (Wildman–Crippen MR) is 92.0 cm³/mol. The first-order valence-corrected chi connectivity index (χ1v) is 8.04. The number of nitrogens with one attached hydrogen (secondary N) is 1. The molecule has 4 N–H and O–H groups in total. The number of nitrogens with two attached hydrogens (primary N) is 1. The van der Waals surface area contributed by atoms with E-state index in [1.165, 1.54) is 12.1 Å². The highest BCUT2D eigenvalue weighted by molar-refractivity contribution is 5.61. The van der Waals surface area contributed by atoms with Crippen molar-refractivity contribution in [2.75, 3.05) is 0 Å². The summed E-state index contributed by atoms with van der Waals surface area (Å²) in [7, 11) is 0. The van der Waals surface area contributed by atoms with Crippen LogP contribution in [0.2, 0.25) is 0 Å². The molecule has 0 aliphatic rings. The average molecular weight is 361 g/mol. The summed E-state index contributed by atoms with van der Waals surface area (Å²) in [5.74, 6) is 0. The van der Waals surface area contributed by atoms with Crippen LogP contribution in [0.1, 0.15) is 35.3 Å². The van der Waals surface area contributed by atoms with Gasteiger partial charge in [-0.05, 0) is 35.2 Å². The molecule has 0 saturated carbocycles. The maximum Gasteiger partial charge on any atom is 0.416 e. The molecule has 1 heterocycles. The summed E-state index contributed by atoms with van der Waals surface area (Å²) in [5.41, 5.74) is 8.58. The van der Waals surface area contributed by atoms with Crippen molar-refractivity contribution < 1.29 is 18.3 Å². The van der Waals surface area contributed by atoms with Gasteiger partial charge in [-0.1, -0.05) is 36.4 Å². The lowest BCUT2D eigenvalue weighted by molar-refractivity contribution is -0.137. The van der Waals surface area contributed by atoms with Gasteiger partial charge in [-0.2, -0.15) is 18.3 Å². The minimum Gasteiger partial charge on any atom is -0.388 e. The molecule has 0 spiro atoms. The van der Waals surface area contributed by atoms with E-state index in [9.17, 15) is 18.3 Å². The van der Waals surface area contributed by atoms with Crippen LogP contribution in [-0.4, -0.2) is 15.3 Å². The number of alkyl halides is 3. The number of nitrogens with zero attached hydrogens (tertiary/aromatic N) is 1. The van der Waals surface area contributed by atoms with E-state index in [0.717, 1.165) is 28.8 Å². The fourth-order valence-corrected chi connectivity index (χ4v) is 2.74. The highest BCUT2D eigenvalue weighted by Gasteiger charge is 2.30. The normalized spacial score (nSPS) is 14.2. The van der Waals surface area contributed by atoms with Crippen LogP contribution < -0.4 is 5.73 Å². The zero-order valence-corrected chi connectivity index (χ0v) is 13.7. The summed E-state index contributed by atoms with van der Waals surface area (Å²) in [4.78, 5) is 0. The Morgan fingerprint density at radius 3 is 2.12 bits per heavy atom. The fraction of sp³-hybridized carbons (Fsp3) is 0.211. The van der Waals surface area contributed by atoms with Gasteiger partial charge in [0, 0.05) is 17.8 Å². The Morgan fingerprint density at radius 2 is 1.58 bits per heavy atom. The van der Waals surface area contributed by atoms with Crippen molar-refractivity contribution in [3.63, 3.8) is 0 Å². The lowest BCUT2D eigenvalue weighted by Gasteiger charge is -2.18. The van der Waals surface area contributed by atoms with Crippen molar-refractivity contribution in [3.8, 4) is 11.1 Å². The number of aromatic amines is 1. The number of aromatic nitrogens is 2. The molecule has 3 rings (SSSR count). The van der Waals surface area contributed by atoms with E-state index >= 15 is 0 Å². The molecular formula is C19H18F3N3O. The Kier molecular flexibility index (Phi) is 5.11. The van der Waals surface area contributed by atoms with Gasteiger partial charge in [0.05, 0.1) is 17.9 Å². The van der Waals surface area contributed by atoms with Gasteiger partial charge < -0.3 is 10.8 Å². The molecule has 2 aromatic carbocycles. The molecular weight excluding hydrogens is 343 g/mol. The summed E-state index contributed by atoms with van der Waals surface area (Å²) < 4.78 is 37.8. The average Bonchev–Trinajstić information content (AvgIpc) is 3.16. The maximum atomic E-state index is 12.6. The summed E-state index contributed by atoms with van der Waals surface area (Å²) in [5, 5.41) is 16.9. The van der Waals surface area contributed by atoms with Gasteiger partial charge >= 0.3 is 6.18 Å². The molecule has 2 unspecified atom stereocenters. The zero-order chi connectivity index (χ0) is 18.7. The van der Waals surface area contributed by atoms with Gasteiger partial charge in [-0.25, -0.2) is 0 Å². The lowest BCUT2D eigenvalue weighted by Crippen LogP contribution is -2.14. The molecule has 1 aromatic heterocycles. The molecule has 2 atom stereocenters. The van der Waals surface area contributed by atoms with Gasteiger partial charge in [-0.3, -0.25) is 5.10 Å². The van der Waals surface area contributed by atoms with Crippen LogP contribution in [0.5, 0.6) is 0 Å². The molecule has 3 aromatic rings. The molecule has 0 aliphatic carbocycles. The van der Waals surface area contributed by atoms with Crippen LogP contribution in [0.25, 0.3) is 11.1 Å². The van der Waals surface area contributed by atoms with Crippen LogP contribution in [0.4, 0.5) is 13.2 Å². The summed E-state index contributed by atoms with van der Waals surface area (Å²) in [6.45, 7) is 0. The first-order valence-electron chi connectivity index (χ1n) is 8.04. The standard InChI is InChI=1S/C19H18F3N3O/c20-19(21,22)16-7-5-14(6-8-16)18(26)9-17(23)13-3-1-12(2-4-13)15-10-24-25-11-15/h1-8,10-11,17-18,26H,9,23H2,(H,24,25). The monoisotopic (exact) mass is 361 g/mol. The summed E-state index contributed by atoms with van der Waals surface area (Å²) >= 11 is 0. The van der Waals surface area contributed by atoms with Crippen LogP contribution in [0.15, 0.2) is 60.9 Å². The van der Waals surface area contributed by atoms with E-state index in [1.54, 1.807) is 12.4 Å². The minimum atomic E-state index is -4.39. The van der Waals surface area contributed by atoms with Crippen LogP contribution in [-0.2, 0) is 6.18 Å². The highest BCUT2D eigenvalue weighted by atomic mass is 19.4. The largest absolute Gasteiger partial charge is 0.416 e. The number of halogens is 3. The second-order valence-corrected chi connectivity index (χ2v) is 6.09. The molecule has 0 aliphatic heterocycles. The van der Waals surface area contributed by atoms with Crippen LogP contribution in [0.3, 0.4) is 0 Å². The maximum absolute atomic E-state index is 12.6. The summed E-state index contributed by atoms with van der Waals surface area (Å²) in [6.07, 6.45) is -1.64. The number of hydrogen-bond donors (Lipinski definition) is 3. The SMILES string of the molecule is NC(CC(O)c1ccc(C(F)(F)F)cc1)c1ccc(-c2cn[nH]c2)cc1. The van der Waals surface area contributed by atoms with E-state index in [1.807, 2.05) is 24.3 Å². The Balaban J connectivity index is 1.66. The minimum absolute atomic E-state index is 0.205. The predicted octanol–water partition coefficient (Wildman–Crippen LogP) is 4.22. The first kappa shape index (κ1) is 18.2. The topological polar surface area (TPSA) is 74.9 Å². The second kappa shape index (κ2) is 7.31. The van der Waals surface area contributed by atoms with Crippen LogP contribution in [0, 0.1) is 0 Å². The number of hydrogen-bond acceptors (Lipinski definition) is 3. The van der Waals surface area contributed by atoms with Crippen molar-refractivity contribution in [3.05, 3.63) is 77.6 Å². The van der Waals surface area contributed by atoms with Crippen molar-refractivity contribution in [1.82, 2.24) is 10.2 Å². The Hall–Kier alpha value is -2.64. The number of aliphatic hydroxyl groups is 1. The van der Waals surface area contributed by atoms with Gasteiger partial charge in [0.15, 0.2) is 0 Å². The molecule has 0 radical (unpaired) electrons. The van der Waals surface area contributed by atoms with Crippen molar-refractivity contribution in [1.29, 1.82) is 0 Å². The molecule has 0 saturated heterocycles. The van der Waals surface area contributed by atoms with E-state index < -0.39 is 23.9 Å². The molecule has 0 bridgehead atoms. The first-order chi connectivity index (χ1) is 12.3. The van der Waals surface area contributed by atoms with E-state index in [0.29, 0.717) is 5.56 Å². The van der Waals surface area contributed by atoms with Crippen molar-refractivity contribution in [2.45, 2.75) is 24.7 Å². The molecule has 26 heavy (non-hydrogen) atoms. The van der Waals surface area contributed by atoms with Gasteiger partial charge in [0.25, 0.3) is 0 Å². The Labute approximate surface area is 148 Å².